The van der Waals surface area contributed by atoms with E-state index in [-0.39, 0.29) is 0 Å². The Morgan fingerprint density at radius 1 is 1.53 bits per heavy atom. The van der Waals surface area contributed by atoms with Crippen LogP contribution in [0.4, 0.5) is 5.82 Å². The van der Waals surface area contributed by atoms with Crippen LogP contribution >= 0.6 is 11.8 Å². The maximum Gasteiger partial charge on any atom is 0.306 e. The molecule has 0 atom stereocenters. The molecule has 0 saturated heterocycles. The van der Waals surface area contributed by atoms with Gasteiger partial charge < -0.3 is 5.73 Å². The molecule has 6 heteroatoms. The van der Waals surface area contributed by atoms with Gasteiger partial charge in [0.15, 0.2) is 12.1 Å². The second kappa shape index (κ2) is 4.06. The number of hydrogen-bond acceptors (Lipinski definition) is 4. The SMILES string of the molecule is CC(C)CSc1nc(N)c2[nH]c[nH+]c2n1. The summed E-state index contributed by atoms with van der Waals surface area (Å²) in [5.41, 5.74) is 7.32. The summed E-state index contributed by atoms with van der Waals surface area (Å²) in [5.74, 6) is 2.10. The molecule has 0 fully saturated rings. The fourth-order valence-corrected chi connectivity index (χ4v) is 1.99. The average molecular weight is 224 g/mol. The minimum absolute atomic E-state index is 0.493. The van der Waals surface area contributed by atoms with Crippen molar-refractivity contribution in [2.75, 3.05) is 11.5 Å². The number of fused-ring (bicyclic) bond motifs is 1. The number of nitrogens with two attached hydrogens (primary N) is 1. The van der Waals surface area contributed by atoms with Crippen LogP contribution in [-0.2, 0) is 0 Å². The monoisotopic (exact) mass is 224 g/mol. The first-order valence-corrected chi connectivity index (χ1v) is 5.80. The molecule has 0 unspecified atom stereocenters. The lowest BCUT2D eigenvalue weighted by Crippen LogP contribution is -2.03. The zero-order chi connectivity index (χ0) is 10.8. The molecule has 2 rings (SSSR count). The zero-order valence-electron chi connectivity index (χ0n) is 8.74. The van der Waals surface area contributed by atoms with E-state index in [1.54, 1.807) is 18.1 Å². The maximum absolute atomic E-state index is 5.79. The van der Waals surface area contributed by atoms with Crippen LogP contribution in [0.25, 0.3) is 11.2 Å². The highest BCUT2D eigenvalue weighted by Gasteiger charge is 2.13. The Morgan fingerprint density at radius 2 is 2.33 bits per heavy atom. The van der Waals surface area contributed by atoms with Crippen LogP contribution in [0.1, 0.15) is 13.8 Å². The predicted molar refractivity (Wildman–Crippen MR) is 60.4 cm³/mol. The molecular weight excluding hydrogens is 210 g/mol. The fourth-order valence-electron chi connectivity index (χ4n) is 1.19. The van der Waals surface area contributed by atoms with Crippen molar-refractivity contribution < 1.29 is 4.98 Å². The lowest BCUT2D eigenvalue weighted by atomic mass is 10.3. The largest absolute Gasteiger partial charge is 0.380 e. The van der Waals surface area contributed by atoms with Crippen LogP contribution in [0, 0.1) is 5.92 Å². The molecule has 0 saturated carbocycles. The summed E-state index contributed by atoms with van der Waals surface area (Å²) in [5, 5.41) is 0.726. The summed E-state index contributed by atoms with van der Waals surface area (Å²) in [6.07, 6.45) is 1.70. The molecule has 0 bridgehead atoms. The lowest BCUT2D eigenvalue weighted by molar-refractivity contribution is -0.347. The Labute approximate surface area is 91.9 Å². The van der Waals surface area contributed by atoms with Gasteiger partial charge in [0.1, 0.15) is 0 Å². The van der Waals surface area contributed by atoms with Gasteiger partial charge in [-0.2, -0.15) is 4.98 Å². The van der Waals surface area contributed by atoms with Gasteiger partial charge in [-0.1, -0.05) is 30.6 Å². The molecule has 0 aliphatic heterocycles. The summed E-state index contributed by atoms with van der Waals surface area (Å²) in [6.45, 7) is 4.33. The average Bonchev–Trinajstić information content (AvgIpc) is 2.63. The molecule has 2 aromatic rings. The van der Waals surface area contributed by atoms with E-state index in [9.17, 15) is 0 Å². The van der Waals surface area contributed by atoms with E-state index < -0.39 is 0 Å². The molecule has 0 aromatic carbocycles. The number of hydrogen-bond donors (Lipinski definition) is 2. The van der Waals surface area contributed by atoms with Crippen LogP contribution in [0.15, 0.2) is 11.5 Å². The number of aromatic amines is 2. The number of nitrogens with one attached hydrogen (secondary N) is 2. The van der Waals surface area contributed by atoms with E-state index in [4.69, 9.17) is 5.73 Å². The minimum atomic E-state index is 0.493. The highest BCUT2D eigenvalue weighted by Crippen LogP contribution is 2.20. The second-order valence-corrected chi connectivity index (χ2v) is 4.74. The van der Waals surface area contributed by atoms with Crippen molar-refractivity contribution in [2.45, 2.75) is 19.0 Å². The molecule has 0 amide bonds. The van der Waals surface area contributed by atoms with E-state index in [0.29, 0.717) is 11.7 Å². The second-order valence-electron chi connectivity index (χ2n) is 3.75. The molecule has 2 heterocycles. The molecule has 0 radical (unpaired) electrons. The van der Waals surface area contributed by atoms with Gasteiger partial charge in [0.25, 0.3) is 5.16 Å². The van der Waals surface area contributed by atoms with Gasteiger partial charge in [0.2, 0.25) is 5.52 Å². The molecular formula is C9H14N5S+. The molecule has 2 aromatic heterocycles. The topological polar surface area (TPSA) is 81.7 Å². The Kier molecular flexibility index (Phi) is 2.77. The van der Waals surface area contributed by atoms with Gasteiger partial charge in [0.05, 0.1) is 0 Å². The molecule has 80 valence electrons. The number of aromatic nitrogens is 4. The normalized spacial score (nSPS) is 11.4. The van der Waals surface area contributed by atoms with Crippen molar-refractivity contribution in [3.63, 3.8) is 0 Å². The van der Waals surface area contributed by atoms with E-state index in [1.165, 1.54) is 0 Å². The Morgan fingerprint density at radius 3 is 3.07 bits per heavy atom. The van der Waals surface area contributed by atoms with Gasteiger partial charge >= 0.3 is 5.65 Å². The third-order valence-electron chi connectivity index (χ3n) is 1.89. The van der Waals surface area contributed by atoms with Gasteiger partial charge in [-0.25, -0.2) is 4.98 Å². The number of nitrogen functional groups attached to an aromatic ring is 1. The number of anilines is 1. The third-order valence-corrected chi connectivity index (χ3v) is 3.16. The first-order valence-electron chi connectivity index (χ1n) is 4.82. The van der Waals surface area contributed by atoms with E-state index in [2.05, 4.69) is 33.8 Å². The predicted octanol–water partition coefficient (Wildman–Crippen LogP) is 1.10. The number of imidazole rings is 1. The van der Waals surface area contributed by atoms with Crippen LogP contribution in [0.5, 0.6) is 0 Å². The summed E-state index contributed by atoms with van der Waals surface area (Å²) < 4.78 is 0. The fraction of sp³-hybridized carbons (Fsp3) is 0.444. The van der Waals surface area contributed by atoms with Crippen molar-refractivity contribution in [1.29, 1.82) is 0 Å². The van der Waals surface area contributed by atoms with Crippen LogP contribution in [0.2, 0.25) is 0 Å². The quantitative estimate of drug-likeness (QED) is 0.604. The van der Waals surface area contributed by atoms with Gasteiger partial charge in [0, 0.05) is 5.75 Å². The van der Waals surface area contributed by atoms with Gasteiger partial charge in [-0.05, 0) is 5.92 Å². The third kappa shape index (κ3) is 2.20. The molecule has 15 heavy (non-hydrogen) atoms. The van der Waals surface area contributed by atoms with Crippen molar-refractivity contribution >= 4 is 28.7 Å². The zero-order valence-corrected chi connectivity index (χ0v) is 9.56. The highest BCUT2D eigenvalue weighted by atomic mass is 32.2. The van der Waals surface area contributed by atoms with E-state index in [0.717, 1.165) is 22.1 Å². The molecule has 0 aliphatic rings. The lowest BCUT2D eigenvalue weighted by Gasteiger charge is -2.00. The van der Waals surface area contributed by atoms with Crippen molar-refractivity contribution in [2.24, 2.45) is 5.92 Å². The summed E-state index contributed by atoms with van der Waals surface area (Å²) in [4.78, 5) is 14.5. The number of rotatable bonds is 3. The summed E-state index contributed by atoms with van der Waals surface area (Å²) >= 11 is 1.62. The number of nitrogens with zero attached hydrogens (tertiary/aromatic N) is 2. The Balaban J connectivity index is 2.28. The molecule has 4 N–H and O–H groups in total. The van der Waals surface area contributed by atoms with Crippen molar-refractivity contribution in [3.05, 3.63) is 6.33 Å². The molecule has 0 aliphatic carbocycles. The van der Waals surface area contributed by atoms with Crippen molar-refractivity contribution in [1.82, 2.24) is 15.0 Å². The Hall–Kier alpha value is -1.30. The standard InChI is InChI=1S/C9H13N5S/c1-5(2)3-15-9-13-7(10)6-8(14-9)12-4-11-6/h4-5H,3H2,1-2H3,(H3,10,11,12,13,14)/p+1. The first kappa shape index (κ1) is 10.2. The first-order chi connectivity index (χ1) is 7.16. The summed E-state index contributed by atoms with van der Waals surface area (Å²) in [6, 6.07) is 0. The number of H-pyrrole nitrogens is 2. The van der Waals surface area contributed by atoms with Crippen LogP contribution in [-0.4, -0.2) is 20.7 Å². The summed E-state index contributed by atoms with van der Waals surface area (Å²) in [7, 11) is 0. The Bertz CT molecular complexity index is 464. The van der Waals surface area contributed by atoms with Gasteiger partial charge in [-0.15, -0.1) is 0 Å². The number of thioether (sulfide) groups is 1. The van der Waals surface area contributed by atoms with Crippen molar-refractivity contribution in [3.8, 4) is 0 Å². The minimum Gasteiger partial charge on any atom is -0.380 e. The van der Waals surface area contributed by atoms with Gasteiger partial charge in [-0.3, -0.25) is 4.98 Å². The smallest absolute Gasteiger partial charge is 0.306 e. The van der Waals surface area contributed by atoms with E-state index in [1.807, 2.05) is 0 Å². The van der Waals surface area contributed by atoms with Crippen LogP contribution < -0.4 is 10.7 Å². The maximum atomic E-state index is 5.79. The van der Waals surface area contributed by atoms with Crippen LogP contribution in [0.3, 0.4) is 0 Å². The van der Waals surface area contributed by atoms with E-state index >= 15 is 0 Å². The molecule has 0 spiro atoms. The molecule has 5 nitrogen and oxygen atoms in total. The highest BCUT2D eigenvalue weighted by molar-refractivity contribution is 7.99.